The minimum absolute atomic E-state index is 0.0746. The molecule has 40 heavy (non-hydrogen) atoms. The molecule has 6 aliphatic rings. The van der Waals surface area contributed by atoms with Gasteiger partial charge in [-0.05, 0) is 12.3 Å². The van der Waals surface area contributed by atoms with E-state index in [0.29, 0.717) is 0 Å². The minimum atomic E-state index is -2.39. The van der Waals surface area contributed by atoms with Gasteiger partial charge in [-0.3, -0.25) is 9.59 Å². The van der Waals surface area contributed by atoms with Crippen LogP contribution in [0.4, 0.5) is 0 Å². The molecular weight excluding hydrogens is 528 g/mol. The number of aliphatic hydroxyl groups excluding tert-OH is 1. The van der Waals surface area contributed by atoms with Crippen molar-refractivity contribution in [2.24, 2.45) is 28.1 Å². The summed E-state index contributed by atoms with van der Waals surface area (Å²) in [6.45, 7) is 15.6. The number of carbonyl (C=O) groups excluding carboxylic acids is 3. The van der Waals surface area contributed by atoms with Gasteiger partial charge in [0, 0.05) is 19.3 Å². The second-order valence-corrected chi connectivity index (χ2v) is 13.0. The zero-order valence-electron chi connectivity index (χ0n) is 23.1. The van der Waals surface area contributed by atoms with Gasteiger partial charge in [0.15, 0.2) is 29.9 Å². The van der Waals surface area contributed by atoms with E-state index in [9.17, 15) is 29.7 Å². The van der Waals surface area contributed by atoms with Crippen molar-refractivity contribution in [1.82, 2.24) is 0 Å². The minimum Gasteiger partial charge on any atom is -0.458 e. The van der Waals surface area contributed by atoms with Gasteiger partial charge in [0.1, 0.15) is 18.3 Å². The van der Waals surface area contributed by atoms with Crippen LogP contribution in [0.25, 0.3) is 0 Å². The van der Waals surface area contributed by atoms with Crippen LogP contribution >= 0.6 is 0 Å². The summed E-state index contributed by atoms with van der Waals surface area (Å²) in [4.78, 5) is 39.4. The van der Waals surface area contributed by atoms with E-state index in [0.717, 1.165) is 0 Å². The predicted molar refractivity (Wildman–Crippen MR) is 132 cm³/mol. The van der Waals surface area contributed by atoms with Gasteiger partial charge in [-0.25, -0.2) is 4.79 Å². The summed E-state index contributed by atoms with van der Waals surface area (Å²) in [5, 5.41) is 36.7. The Labute approximate surface area is 231 Å². The number of rotatable bonds is 6. The van der Waals surface area contributed by atoms with Crippen molar-refractivity contribution in [1.29, 1.82) is 0 Å². The summed E-state index contributed by atoms with van der Waals surface area (Å²) in [5.74, 6) is -6.79. The lowest BCUT2D eigenvalue weighted by atomic mass is 9.50. The molecule has 1 unspecified atom stereocenters. The zero-order chi connectivity index (χ0) is 29.4. The van der Waals surface area contributed by atoms with Crippen molar-refractivity contribution in [2.75, 3.05) is 6.61 Å². The number of esters is 3. The fraction of sp³-hybridized carbons (Fsp3) is 0.750. The Morgan fingerprint density at radius 2 is 1.77 bits per heavy atom. The molecule has 0 radical (unpaired) electrons. The molecule has 4 heterocycles. The van der Waals surface area contributed by atoms with Crippen LogP contribution in [-0.4, -0.2) is 93.6 Å². The molecule has 12 heteroatoms. The molecule has 220 valence electrons. The van der Waals surface area contributed by atoms with E-state index in [1.807, 2.05) is 20.8 Å². The summed E-state index contributed by atoms with van der Waals surface area (Å²) in [5.41, 5.74) is -9.21. The van der Waals surface area contributed by atoms with Crippen LogP contribution in [0.1, 0.15) is 41.0 Å². The third-order valence-electron chi connectivity index (χ3n) is 10.3. The van der Waals surface area contributed by atoms with E-state index in [-0.39, 0.29) is 13.0 Å². The van der Waals surface area contributed by atoms with Gasteiger partial charge in [-0.1, -0.05) is 32.9 Å². The number of hydrogen-bond acceptors (Lipinski definition) is 12. The molecule has 6 rings (SSSR count). The van der Waals surface area contributed by atoms with E-state index in [4.69, 9.17) is 28.4 Å². The molecule has 4 aliphatic heterocycles. The molecule has 6 fully saturated rings. The van der Waals surface area contributed by atoms with Gasteiger partial charge < -0.3 is 43.7 Å². The third-order valence-corrected chi connectivity index (χ3v) is 10.3. The van der Waals surface area contributed by atoms with Crippen LogP contribution < -0.4 is 0 Å². The Kier molecular flexibility index (Phi) is 5.51. The summed E-state index contributed by atoms with van der Waals surface area (Å²) >= 11 is 0. The van der Waals surface area contributed by atoms with Gasteiger partial charge in [-0.2, -0.15) is 0 Å². The number of carbonyl (C=O) groups is 3. The largest absolute Gasteiger partial charge is 0.458 e. The number of ether oxygens (including phenoxy) is 6. The van der Waals surface area contributed by atoms with Crippen molar-refractivity contribution in [3.63, 3.8) is 0 Å². The lowest BCUT2D eigenvalue weighted by molar-refractivity contribution is -0.301. The quantitative estimate of drug-likeness (QED) is 0.227. The number of hydrogen-bond donors (Lipinski definition) is 3. The first-order valence-electron chi connectivity index (χ1n) is 13.5. The zero-order valence-corrected chi connectivity index (χ0v) is 23.1. The lowest BCUT2D eigenvalue weighted by Gasteiger charge is -2.50. The van der Waals surface area contributed by atoms with Crippen molar-refractivity contribution in [3.05, 3.63) is 25.3 Å². The van der Waals surface area contributed by atoms with Gasteiger partial charge in [0.05, 0.1) is 23.4 Å². The van der Waals surface area contributed by atoms with E-state index >= 15 is 0 Å². The maximum atomic E-state index is 14.1. The topological polar surface area (TPSA) is 167 Å². The van der Waals surface area contributed by atoms with Crippen molar-refractivity contribution < 1.29 is 58.1 Å². The molecule has 12 nitrogen and oxygen atoms in total. The molecule has 0 amide bonds. The van der Waals surface area contributed by atoms with Crippen LogP contribution in [0, 0.1) is 28.1 Å². The van der Waals surface area contributed by atoms with Gasteiger partial charge in [-0.15, -0.1) is 13.2 Å². The summed E-state index contributed by atoms with van der Waals surface area (Å²) < 4.78 is 36.4. The first kappa shape index (κ1) is 27.8. The normalized spacial score (nSPS) is 53.4. The number of fused-ring (bicyclic) bond motifs is 1. The smallest absolute Gasteiger partial charge is 0.343 e. The first-order chi connectivity index (χ1) is 18.6. The Balaban J connectivity index is 1.74. The second kappa shape index (κ2) is 7.93. The molecular formula is C28H36O12. The molecule has 0 aromatic carbocycles. The molecule has 2 spiro atoms. The van der Waals surface area contributed by atoms with E-state index in [1.54, 1.807) is 0 Å². The van der Waals surface area contributed by atoms with E-state index in [1.165, 1.54) is 26.0 Å². The highest BCUT2D eigenvalue weighted by Gasteiger charge is 3.05. The Morgan fingerprint density at radius 1 is 1.10 bits per heavy atom. The van der Waals surface area contributed by atoms with Crippen molar-refractivity contribution in [3.8, 4) is 0 Å². The van der Waals surface area contributed by atoms with Gasteiger partial charge in [0.25, 0.3) is 0 Å². The highest BCUT2D eigenvalue weighted by Crippen LogP contribution is 2.86. The fourth-order valence-electron chi connectivity index (χ4n) is 9.57. The van der Waals surface area contributed by atoms with Crippen molar-refractivity contribution in [2.45, 2.75) is 94.8 Å². The standard InChI is InChI=1S/C28H36O12/c1-8-10-24(33)20(35-11-9-2)25-15(23(5,6)7)14(36-13(4)29)17-26(25)16(30)18-27(34,12(3)19(31)37-18)28(26,21(32)38-17)40-22(25)39-24/h8-9,12,14-18,20,22,30,33-34H,1-2,10-11H2,3-7H3/t12-,14-,15+,16+,17-,18+,20+,22?,24+,25+,26-,27-,28-/m1/s1. The maximum Gasteiger partial charge on any atom is 0.343 e. The van der Waals surface area contributed by atoms with Crippen LogP contribution in [-0.2, 0) is 42.8 Å². The molecule has 0 aromatic rings. The molecule has 0 aromatic heterocycles. The highest BCUT2D eigenvalue weighted by molar-refractivity contribution is 5.93. The summed E-state index contributed by atoms with van der Waals surface area (Å²) in [6.07, 6.45) is -5.97. The van der Waals surface area contributed by atoms with E-state index in [2.05, 4.69) is 13.2 Å². The monoisotopic (exact) mass is 564 g/mol. The molecule has 2 aliphatic carbocycles. The van der Waals surface area contributed by atoms with Crippen LogP contribution in [0.15, 0.2) is 25.3 Å². The second-order valence-electron chi connectivity index (χ2n) is 13.0. The van der Waals surface area contributed by atoms with Crippen LogP contribution in [0.2, 0.25) is 0 Å². The fourth-order valence-corrected chi connectivity index (χ4v) is 9.57. The Morgan fingerprint density at radius 3 is 2.35 bits per heavy atom. The van der Waals surface area contributed by atoms with Crippen LogP contribution in [0.5, 0.6) is 0 Å². The SMILES string of the molecule is C=CCO[C@@H]1[C@]23C(O[C@]45C(=O)O[C@H]([C@H](OC(C)=O)[C@H]2C(C)(C)C)[C@]34[C@@H](O)[C@@H]2OC(=O)[C@@H](C)[C@@]25O)O[C@@]1(O)CC=C. The van der Waals surface area contributed by atoms with Gasteiger partial charge in [0.2, 0.25) is 5.60 Å². The highest BCUT2D eigenvalue weighted by atomic mass is 16.8. The predicted octanol–water partition coefficient (Wildman–Crippen LogP) is 0.121. The van der Waals surface area contributed by atoms with Crippen LogP contribution in [0.3, 0.4) is 0 Å². The maximum absolute atomic E-state index is 14.1. The molecule has 3 N–H and O–H groups in total. The molecule has 13 atom stereocenters. The molecule has 4 saturated heterocycles. The Bertz CT molecular complexity index is 1210. The van der Waals surface area contributed by atoms with Gasteiger partial charge >= 0.3 is 17.9 Å². The number of aliphatic hydroxyl groups is 3. The summed E-state index contributed by atoms with van der Waals surface area (Å²) in [7, 11) is 0. The molecule has 0 bridgehead atoms. The third kappa shape index (κ3) is 2.51. The Hall–Kier alpha value is -2.35. The average molecular weight is 565 g/mol. The average Bonchev–Trinajstić information content (AvgIpc) is 3.53. The first-order valence-corrected chi connectivity index (χ1v) is 13.5. The van der Waals surface area contributed by atoms with Crippen molar-refractivity contribution >= 4 is 17.9 Å². The van der Waals surface area contributed by atoms with E-state index < -0.39 is 99.8 Å². The summed E-state index contributed by atoms with van der Waals surface area (Å²) in [6, 6.07) is 0. The lowest BCUT2D eigenvalue weighted by Crippen LogP contribution is -2.68. The molecule has 2 saturated carbocycles.